The normalized spacial score (nSPS) is 11.4. The minimum Gasteiger partial charge on any atom is -0.491 e. The van der Waals surface area contributed by atoms with Gasteiger partial charge < -0.3 is 24.7 Å². The first-order valence-corrected chi connectivity index (χ1v) is 9.91. The van der Waals surface area contributed by atoms with Crippen molar-refractivity contribution >= 4 is 5.96 Å². The average Bonchev–Trinajstić information content (AvgIpc) is 3.24. The fraction of sp³-hybridized carbons (Fsp3) is 0.304. The van der Waals surface area contributed by atoms with Crippen LogP contribution in [0.4, 0.5) is 0 Å². The van der Waals surface area contributed by atoms with Crippen LogP contribution < -0.4 is 10.1 Å². The van der Waals surface area contributed by atoms with E-state index in [0.29, 0.717) is 26.3 Å². The number of aromatic nitrogens is 2. The zero-order valence-corrected chi connectivity index (χ0v) is 17.8. The van der Waals surface area contributed by atoms with Crippen LogP contribution in [0, 0.1) is 0 Å². The second kappa shape index (κ2) is 11.0. The second-order valence-corrected chi connectivity index (χ2v) is 6.85. The minimum absolute atomic E-state index is 0.546. The van der Waals surface area contributed by atoms with Crippen molar-refractivity contribution in [1.82, 2.24) is 20.2 Å². The van der Waals surface area contributed by atoms with Gasteiger partial charge in [-0.1, -0.05) is 42.5 Å². The highest BCUT2D eigenvalue weighted by atomic mass is 16.5. The Hall–Kier alpha value is -3.32. The molecular weight excluding hydrogens is 378 g/mol. The quantitative estimate of drug-likeness (QED) is 0.323. The third kappa shape index (κ3) is 6.09. The summed E-state index contributed by atoms with van der Waals surface area (Å²) in [6.07, 6.45) is 1.87. The molecule has 2 N–H and O–H groups in total. The maximum atomic E-state index is 5.60. The van der Waals surface area contributed by atoms with E-state index in [9.17, 15) is 0 Å². The van der Waals surface area contributed by atoms with Crippen LogP contribution in [0.1, 0.15) is 11.4 Å². The number of benzene rings is 2. The number of guanidine groups is 1. The molecule has 0 saturated heterocycles. The van der Waals surface area contributed by atoms with Crippen LogP contribution in [0.15, 0.2) is 65.8 Å². The van der Waals surface area contributed by atoms with Gasteiger partial charge in [-0.25, -0.2) is 4.98 Å². The number of aromatic amines is 1. The summed E-state index contributed by atoms with van der Waals surface area (Å²) >= 11 is 0. The topological polar surface area (TPSA) is 74.8 Å². The maximum Gasteiger partial charge on any atom is 0.194 e. The summed E-state index contributed by atoms with van der Waals surface area (Å²) in [6.45, 7) is 2.42. The minimum atomic E-state index is 0.546. The molecule has 0 spiro atoms. The number of ether oxygens (including phenoxy) is 2. The number of nitrogens with zero attached hydrogens (tertiary/aromatic N) is 3. The number of aliphatic imine (C=N–C) groups is 1. The highest BCUT2D eigenvalue weighted by Gasteiger charge is 2.10. The van der Waals surface area contributed by atoms with Crippen LogP contribution in [0.5, 0.6) is 5.75 Å². The van der Waals surface area contributed by atoms with Crippen LogP contribution in [0.25, 0.3) is 11.3 Å². The van der Waals surface area contributed by atoms with Gasteiger partial charge in [-0.15, -0.1) is 0 Å². The van der Waals surface area contributed by atoms with E-state index in [4.69, 9.17) is 9.47 Å². The molecule has 7 heteroatoms. The Morgan fingerprint density at radius 2 is 1.87 bits per heavy atom. The monoisotopic (exact) mass is 407 g/mol. The lowest BCUT2D eigenvalue weighted by atomic mass is 10.2. The van der Waals surface area contributed by atoms with Gasteiger partial charge in [0, 0.05) is 27.7 Å². The van der Waals surface area contributed by atoms with Gasteiger partial charge in [0.05, 0.1) is 25.0 Å². The molecule has 1 heterocycles. The van der Waals surface area contributed by atoms with Gasteiger partial charge in [0.15, 0.2) is 5.96 Å². The molecule has 0 aliphatic carbocycles. The predicted octanol–water partition coefficient (Wildman–Crippen LogP) is 3.31. The summed E-state index contributed by atoms with van der Waals surface area (Å²) in [5.41, 5.74) is 3.28. The van der Waals surface area contributed by atoms with E-state index in [1.165, 1.54) is 0 Å². The van der Waals surface area contributed by atoms with E-state index in [0.717, 1.165) is 34.4 Å². The van der Waals surface area contributed by atoms with Crippen molar-refractivity contribution in [3.05, 3.63) is 72.2 Å². The number of methoxy groups -OCH3 is 1. The van der Waals surface area contributed by atoms with Gasteiger partial charge in [-0.05, 0) is 23.3 Å². The van der Waals surface area contributed by atoms with Gasteiger partial charge in [0.2, 0.25) is 0 Å². The molecule has 7 nitrogen and oxygen atoms in total. The molecule has 0 fully saturated rings. The Morgan fingerprint density at radius 1 is 1.10 bits per heavy atom. The van der Waals surface area contributed by atoms with E-state index < -0.39 is 0 Å². The van der Waals surface area contributed by atoms with Crippen molar-refractivity contribution in [3.63, 3.8) is 0 Å². The highest BCUT2D eigenvalue weighted by molar-refractivity contribution is 5.79. The van der Waals surface area contributed by atoms with E-state index >= 15 is 0 Å². The van der Waals surface area contributed by atoms with Crippen molar-refractivity contribution in [3.8, 4) is 17.0 Å². The number of hydrogen-bond acceptors (Lipinski definition) is 4. The molecule has 0 aliphatic heterocycles. The van der Waals surface area contributed by atoms with E-state index in [-0.39, 0.29) is 0 Å². The molecule has 30 heavy (non-hydrogen) atoms. The molecule has 0 atom stereocenters. The summed E-state index contributed by atoms with van der Waals surface area (Å²) in [6, 6.07) is 18.2. The maximum absolute atomic E-state index is 5.60. The Kier molecular flexibility index (Phi) is 7.86. The third-order valence-corrected chi connectivity index (χ3v) is 4.60. The van der Waals surface area contributed by atoms with Crippen LogP contribution in [-0.2, 0) is 17.8 Å². The number of nitrogens with one attached hydrogen (secondary N) is 2. The number of imidazole rings is 1. The molecule has 0 bridgehead atoms. The van der Waals surface area contributed by atoms with Gasteiger partial charge in [-0.3, -0.25) is 4.99 Å². The molecule has 3 rings (SSSR count). The van der Waals surface area contributed by atoms with Crippen molar-refractivity contribution < 1.29 is 9.47 Å². The van der Waals surface area contributed by atoms with Crippen LogP contribution in [-0.4, -0.2) is 55.2 Å². The van der Waals surface area contributed by atoms with Gasteiger partial charge in [0.1, 0.15) is 18.2 Å². The lowest BCUT2D eigenvalue weighted by molar-refractivity contribution is 0.146. The summed E-state index contributed by atoms with van der Waals surface area (Å²) in [7, 11) is 5.44. The number of rotatable bonds is 9. The molecule has 0 radical (unpaired) electrons. The first kappa shape index (κ1) is 21.4. The zero-order valence-electron chi connectivity index (χ0n) is 17.8. The molecule has 0 saturated carbocycles. The first-order valence-electron chi connectivity index (χ1n) is 9.91. The Bertz CT molecular complexity index is 922. The average molecular weight is 408 g/mol. The molecule has 0 unspecified atom stereocenters. The molecule has 2 aromatic carbocycles. The van der Waals surface area contributed by atoms with E-state index in [2.05, 4.69) is 32.4 Å². The number of hydrogen-bond donors (Lipinski definition) is 2. The van der Waals surface area contributed by atoms with Gasteiger partial charge >= 0.3 is 0 Å². The second-order valence-electron chi connectivity index (χ2n) is 6.85. The van der Waals surface area contributed by atoms with Crippen LogP contribution in [0.2, 0.25) is 0 Å². The van der Waals surface area contributed by atoms with Gasteiger partial charge in [-0.2, -0.15) is 0 Å². The Labute approximate surface area is 177 Å². The summed E-state index contributed by atoms with van der Waals surface area (Å²) in [5.74, 6) is 2.52. The Balaban J connectivity index is 1.52. The van der Waals surface area contributed by atoms with Crippen LogP contribution in [0.3, 0.4) is 0 Å². The van der Waals surface area contributed by atoms with Crippen molar-refractivity contribution in [2.24, 2.45) is 4.99 Å². The molecule has 0 amide bonds. The standard InChI is InChI=1S/C23H29N5O2/c1-24-23(26-15-18-9-11-20(12-10-18)30-14-13-29-3)28(2)17-22-25-16-21(27-22)19-7-5-4-6-8-19/h4-12,16H,13-15,17H2,1-3H3,(H,24,26)(H,25,27). The van der Waals surface area contributed by atoms with E-state index in [1.54, 1.807) is 14.2 Å². The molecule has 1 aromatic heterocycles. The number of H-pyrrole nitrogens is 1. The smallest absolute Gasteiger partial charge is 0.194 e. The van der Waals surface area contributed by atoms with Crippen molar-refractivity contribution in [2.45, 2.75) is 13.1 Å². The fourth-order valence-electron chi connectivity index (χ4n) is 3.02. The molecule has 0 aliphatic rings. The third-order valence-electron chi connectivity index (χ3n) is 4.60. The highest BCUT2D eigenvalue weighted by Crippen LogP contribution is 2.16. The fourth-order valence-corrected chi connectivity index (χ4v) is 3.02. The first-order chi connectivity index (χ1) is 14.7. The molecular formula is C23H29N5O2. The Morgan fingerprint density at radius 3 is 2.57 bits per heavy atom. The molecule has 158 valence electrons. The van der Waals surface area contributed by atoms with Crippen molar-refractivity contribution in [2.75, 3.05) is 34.4 Å². The van der Waals surface area contributed by atoms with Crippen molar-refractivity contribution in [1.29, 1.82) is 0 Å². The molecule has 3 aromatic rings. The van der Waals surface area contributed by atoms with Crippen LogP contribution >= 0.6 is 0 Å². The lowest BCUT2D eigenvalue weighted by Crippen LogP contribution is -2.38. The predicted molar refractivity (Wildman–Crippen MR) is 120 cm³/mol. The summed E-state index contributed by atoms with van der Waals surface area (Å²) in [4.78, 5) is 14.3. The largest absolute Gasteiger partial charge is 0.491 e. The summed E-state index contributed by atoms with van der Waals surface area (Å²) in [5, 5.41) is 3.39. The van der Waals surface area contributed by atoms with E-state index in [1.807, 2.05) is 60.6 Å². The summed E-state index contributed by atoms with van der Waals surface area (Å²) < 4.78 is 10.6. The van der Waals surface area contributed by atoms with Gasteiger partial charge in [0.25, 0.3) is 0 Å². The SMILES string of the molecule is CN=C(NCc1ccc(OCCOC)cc1)N(C)Cc1ncc(-c2ccccc2)[nH]1. The lowest BCUT2D eigenvalue weighted by Gasteiger charge is -2.21. The zero-order chi connectivity index (χ0) is 21.2.